The summed E-state index contributed by atoms with van der Waals surface area (Å²) in [4.78, 5) is 27.7. The summed E-state index contributed by atoms with van der Waals surface area (Å²) in [5.41, 5.74) is 5.42. The van der Waals surface area contributed by atoms with E-state index >= 15 is 0 Å². The minimum absolute atomic E-state index is 0.0942. The molecule has 3 aromatic rings. The van der Waals surface area contributed by atoms with E-state index in [0.717, 1.165) is 36.2 Å². The van der Waals surface area contributed by atoms with Gasteiger partial charge in [-0.15, -0.1) is 0 Å². The molecular weight excluding hydrogens is 464 g/mol. The van der Waals surface area contributed by atoms with Crippen molar-refractivity contribution in [3.05, 3.63) is 82.7 Å². The average Bonchev–Trinajstić information content (AvgIpc) is 3.28. The van der Waals surface area contributed by atoms with Gasteiger partial charge in [-0.2, -0.15) is 5.10 Å². The van der Waals surface area contributed by atoms with Crippen LogP contribution in [-0.4, -0.2) is 51.9 Å². The van der Waals surface area contributed by atoms with Gasteiger partial charge in [0, 0.05) is 25.6 Å². The Morgan fingerprint density at radius 1 is 1.05 bits per heavy atom. The number of rotatable bonds is 6. The maximum Gasteiger partial charge on any atom is 0.410 e. The van der Waals surface area contributed by atoms with Gasteiger partial charge in [0.1, 0.15) is 5.60 Å². The van der Waals surface area contributed by atoms with E-state index < -0.39 is 5.60 Å². The first-order valence-corrected chi connectivity index (χ1v) is 13.1. The number of carbonyl (C=O) groups excluding carboxylic acids is 2. The van der Waals surface area contributed by atoms with Gasteiger partial charge in [0.05, 0.1) is 23.1 Å². The van der Waals surface area contributed by atoms with Crippen molar-refractivity contribution in [3.63, 3.8) is 0 Å². The van der Waals surface area contributed by atoms with Gasteiger partial charge < -0.3 is 15.0 Å². The maximum absolute atomic E-state index is 13.4. The predicted molar refractivity (Wildman–Crippen MR) is 145 cm³/mol. The number of nitrogens with one attached hydrogen (secondary N) is 1. The second-order valence-electron chi connectivity index (χ2n) is 10.9. The van der Waals surface area contributed by atoms with Crippen LogP contribution in [-0.2, 0) is 11.2 Å². The van der Waals surface area contributed by atoms with Gasteiger partial charge in [0.15, 0.2) is 0 Å². The molecule has 1 N–H and O–H groups in total. The molecule has 0 radical (unpaired) electrons. The largest absolute Gasteiger partial charge is 0.444 e. The molecule has 0 saturated carbocycles. The molecule has 2 heterocycles. The fourth-order valence-electron chi connectivity index (χ4n) is 4.88. The minimum atomic E-state index is -0.527. The van der Waals surface area contributed by atoms with Crippen LogP contribution in [0, 0.1) is 13.8 Å². The lowest BCUT2D eigenvalue weighted by atomic mass is 9.90. The van der Waals surface area contributed by atoms with Gasteiger partial charge in [-0.25, -0.2) is 9.48 Å². The van der Waals surface area contributed by atoms with Crippen LogP contribution < -0.4 is 5.32 Å². The van der Waals surface area contributed by atoms with Crippen LogP contribution in [0.4, 0.5) is 4.79 Å². The van der Waals surface area contributed by atoms with Crippen LogP contribution in [0.15, 0.2) is 54.7 Å². The Labute approximate surface area is 219 Å². The third kappa shape index (κ3) is 6.59. The van der Waals surface area contributed by atoms with Crippen molar-refractivity contribution in [1.82, 2.24) is 20.0 Å². The summed E-state index contributed by atoms with van der Waals surface area (Å²) in [6.07, 6.45) is 3.64. The smallest absolute Gasteiger partial charge is 0.410 e. The normalized spacial score (nSPS) is 14.5. The van der Waals surface area contributed by atoms with Crippen molar-refractivity contribution in [3.8, 4) is 5.69 Å². The van der Waals surface area contributed by atoms with Crippen molar-refractivity contribution in [2.24, 2.45) is 0 Å². The van der Waals surface area contributed by atoms with E-state index in [9.17, 15) is 9.59 Å². The monoisotopic (exact) mass is 502 g/mol. The van der Waals surface area contributed by atoms with Crippen LogP contribution in [0.5, 0.6) is 0 Å². The van der Waals surface area contributed by atoms with Gasteiger partial charge >= 0.3 is 6.09 Å². The van der Waals surface area contributed by atoms with Crippen LogP contribution in [0.2, 0.25) is 0 Å². The molecule has 1 saturated heterocycles. The van der Waals surface area contributed by atoms with E-state index in [1.807, 2.05) is 43.7 Å². The molecule has 1 aliphatic rings. The molecule has 37 heavy (non-hydrogen) atoms. The van der Waals surface area contributed by atoms with Crippen molar-refractivity contribution >= 4 is 12.0 Å². The number of amides is 2. The Bertz CT molecular complexity index is 1240. The number of likely N-dealkylation sites (tertiary alicyclic amines) is 1. The number of aryl methyl sites for hydroxylation is 2. The summed E-state index contributed by atoms with van der Waals surface area (Å²) < 4.78 is 7.50. The summed E-state index contributed by atoms with van der Waals surface area (Å²) in [6, 6.07) is 16.4. The molecule has 2 aromatic carbocycles. The van der Waals surface area contributed by atoms with E-state index in [4.69, 9.17) is 9.84 Å². The summed E-state index contributed by atoms with van der Waals surface area (Å²) in [6.45, 7) is 11.5. The molecule has 0 aliphatic carbocycles. The third-order valence-electron chi connectivity index (χ3n) is 6.71. The molecule has 7 nitrogen and oxygen atoms in total. The first-order chi connectivity index (χ1) is 17.6. The third-order valence-corrected chi connectivity index (χ3v) is 6.71. The topological polar surface area (TPSA) is 76.5 Å². The fourth-order valence-corrected chi connectivity index (χ4v) is 4.88. The quantitative estimate of drug-likeness (QED) is 0.478. The number of ether oxygens (including phenoxy) is 1. The van der Waals surface area contributed by atoms with E-state index in [2.05, 4.69) is 49.5 Å². The summed E-state index contributed by atoms with van der Waals surface area (Å²) in [7, 11) is 0. The molecule has 0 bridgehead atoms. The molecule has 7 heteroatoms. The number of piperidine rings is 1. The predicted octanol–water partition coefficient (Wildman–Crippen LogP) is 5.58. The first kappa shape index (κ1) is 26.5. The van der Waals surface area contributed by atoms with E-state index in [1.165, 1.54) is 11.1 Å². The number of hydrogen-bond donors (Lipinski definition) is 1. The molecule has 0 spiro atoms. The van der Waals surface area contributed by atoms with Gasteiger partial charge in [-0.05, 0) is 71.1 Å². The Kier molecular flexibility index (Phi) is 8.00. The lowest BCUT2D eigenvalue weighted by Crippen LogP contribution is -2.41. The molecule has 2 amide bonds. The van der Waals surface area contributed by atoms with Crippen LogP contribution in [0.3, 0.4) is 0 Å². The Morgan fingerprint density at radius 3 is 2.41 bits per heavy atom. The molecule has 196 valence electrons. The number of carbonyl (C=O) groups is 2. The number of nitrogens with zero attached hydrogens (tertiary/aromatic N) is 3. The van der Waals surface area contributed by atoms with E-state index in [0.29, 0.717) is 25.2 Å². The molecule has 0 unspecified atom stereocenters. The lowest BCUT2D eigenvalue weighted by molar-refractivity contribution is 0.0203. The van der Waals surface area contributed by atoms with Gasteiger partial charge in [0.2, 0.25) is 0 Å². The highest BCUT2D eigenvalue weighted by molar-refractivity contribution is 5.95. The highest BCUT2D eigenvalue weighted by Crippen LogP contribution is 2.33. The first-order valence-electron chi connectivity index (χ1n) is 13.1. The second-order valence-corrected chi connectivity index (χ2v) is 10.9. The summed E-state index contributed by atoms with van der Waals surface area (Å²) >= 11 is 0. The second kappa shape index (κ2) is 11.2. The minimum Gasteiger partial charge on any atom is -0.444 e. The Morgan fingerprint density at radius 2 is 1.76 bits per heavy atom. The van der Waals surface area contributed by atoms with Gasteiger partial charge in [0.25, 0.3) is 5.91 Å². The van der Waals surface area contributed by atoms with Crippen LogP contribution in [0.1, 0.15) is 72.3 Å². The highest BCUT2D eigenvalue weighted by atomic mass is 16.6. The average molecular weight is 503 g/mol. The molecule has 4 rings (SSSR count). The van der Waals surface area contributed by atoms with Gasteiger partial charge in [-0.1, -0.05) is 48.0 Å². The molecule has 1 aromatic heterocycles. The summed E-state index contributed by atoms with van der Waals surface area (Å²) in [5, 5.41) is 7.78. The number of hydrogen-bond acceptors (Lipinski definition) is 4. The van der Waals surface area contributed by atoms with Crippen molar-refractivity contribution in [2.45, 2.75) is 65.4 Å². The zero-order valence-corrected chi connectivity index (χ0v) is 22.6. The Hall–Kier alpha value is -3.61. The molecule has 0 atom stereocenters. The van der Waals surface area contributed by atoms with E-state index in [1.54, 1.807) is 11.1 Å². The molecule has 1 aliphatic heterocycles. The maximum atomic E-state index is 13.4. The molecular formula is C30H38N4O3. The SMILES string of the molecule is Cc1ccc(-n2ncc(C(=O)NCCc3ccccc3)c2C2CCN(C(=O)OC(C)(C)C)CC2)c(C)c1. The van der Waals surface area contributed by atoms with Gasteiger partial charge in [-0.3, -0.25) is 4.79 Å². The number of benzene rings is 2. The number of aromatic nitrogens is 2. The zero-order chi connectivity index (χ0) is 26.6. The summed E-state index contributed by atoms with van der Waals surface area (Å²) in [5.74, 6) is -0.0201. The fraction of sp³-hybridized carbons (Fsp3) is 0.433. The molecule has 1 fully saturated rings. The van der Waals surface area contributed by atoms with Crippen LogP contribution >= 0.6 is 0 Å². The Balaban J connectivity index is 1.56. The van der Waals surface area contributed by atoms with Crippen molar-refractivity contribution < 1.29 is 14.3 Å². The van der Waals surface area contributed by atoms with Crippen LogP contribution in [0.25, 0.3) is 5.69 Å². The van der Waals surface area contributed by atoms with Crippen molar-refractivity contribution in [1.29, 1.82) is 0 Å². The van der Waals surface area contributed by atoms with E-state index in [-0.39, 0.29) is 17.9 Å². The lowest BCUT2D eigenvalue weighted by Gasteiger charge is -2.34. The van der Waals surface area contributed by atoms with Crippen molar-refractivity contribution in [2.75, 3.05) is 19.6 Å². The highest BCUT2D eigenvalue weighted by Gasteiger charge is 2.32. The standard InChI is InChI=1S/C30H38N4O3/c1-21-11-12-26(22(2)19-21)34-27(24-14-17-33(18-15-24)29(36)37-30(3,4)5)25(20-32-34)28(35)31-16-13-23-9-7-6-8-10-23/h6-12,19-20,24H,13-18H2,1-5H3,(H,31,35). The zero-order valence-electron chi connectivity index (χ0n) is 22.6.